The zero-order valence-electron chi connectivity index (χ0n) is 9.97. The van der Waals surface area contributed by atoms with E-state index in [4.69, 9.17) is 9.31 Å². The molecule has 0 spiro atoms. The van der Waals surface area contributed by atoms with Gasteiger partial charge in [0.15, 0.2) is 0 Å². The average molecular weight is 197 g/mol. The van der Waals surface area contributed by atoms with Crippen LogP contribution < -0.4 is 5.32 Å². The summed E-state index contributed by atoms with van der Waals surface area (Å²) in [7, 11) is 1.61. The lowest BCUT2D eigenvalue weighted by molar-refractivity contribution is 0.00578. The van der Waals surface area contributed by atoms with Crippen LogP contribution in [0.15, 0.2) is 11.7 Å². The molecule has 0 bridgehead atoms. The van der Waals surface area contributed by atoms with Crippen molar-refractivity contribution in [2.24, 2.45) is 0 Å². The van der Waals surface area contributed by atoms with Crippen LogP contribution in [0, 0.1) is 0 Å². The van der Waals surface area contributed by atoms with E-state index < -0.39 is 0 Å². The van der Waals surface area contributed by atoms with E-state index in [1.165, 1.54) is 0 Å². The van der Waals surface area contributed by atoms with E-state index in [1.807, 2.05) is 20.0 Å². The predicted octanol–water partition coefficient (Wildman–Crippen LogP) is 1.74. The molecule has 0 aromatic heterocycles. The highest BCUT2D eigenvalue weighted by molar-refractivity contribution is 6.54. The Hall–Kier alpha value is -0.475. The first-order chi connectivity index (χ1) is 6.34. The molecule has 3 nitrogen and oxygen atoms in total. The molecule has 4 heteroatoms. The van der Waals surface area contributed by atoms with E-state index in [-0.39, 0.29) is 18.3 Å². The summed E-state index contributed by atoms with van der Waals surface area (Å²) in [5, 5.41) is 3.08. The van der Waals surface area contributed by atoms with Gasteiger partial charge >= 0.3 is 7.12 Å². The lowest BCUT2D eigenvalue weighted by Crippen LogP contribution is -2.41. The molecular weight excluding hydrogens is 177 g/mol. The van der Waals surface area contributed by atoms with Crippen LogP contribution in [0.25, 0.3) is 0 Å². The molecule has 14 heavy (non-hydrogen) atoms. The Morgan fingerprint density at radius 2 is 1.57 bits per heavy atom. The molecule has 1 heterocycles. The van der Waals surface area contributed by atoms with Crippen molar-refractivity contribution in [1.29, 1.82) is 0 Å². The molecule has 0 saturated carbocycles. The summed E-state index contributed by atoms with van der Waals surface area (Å²) in [6, 6.07) is 0. The Morgan fingerprint density at radius 1 is 1.14 bits per heavy atom. The van der Waals surface area contributed by atoms with Crippen molar-refractivity contribution in [3.63, 3.8) is 0 Å². The van der Waals surface area contributed by atoms with Gasteiger partial charge in [-0.2, -0.15) is 0 Å². The third kappa shape index (κ3) is 1.81. The minimum Gasteiger partial charge on any atom is -0.398 e. The molecule has 1 rings (SSSR count). The first-order valence-corrected chi connectivity index (χ1v) is 5.03. The fourth-order valence-electron chi connectivity index (χ4n) is 1.37. The number of hydrogen-bond acceptors (Lipinski definition) is 3. The molecule has 0 aromatic carbocycles. The Kier molecular flexibility index (Phi) is 2.97. The largest absolute Gasteiger partial charge is 0.511 e. The smallest absolute Gasteiger partial charge is 0.398 e. The Labute approximate surface area is 87.0 Å². The highest BCUT2D eigenvalue weighted by atomic mass is 16.7. The molecule has 80 valence electrons. The van der Waals surface area contributed by atoms with E-state index in [0.717, 1.165) is 5.60 Å². The normalized spacial score (nSPS) is 25.3. The van der Waals surface area contributed by atoms with E-state index in [0.29, 0.717) is 0 Å². The molecule has 1 aliphatic heterocycles. The molecule has 0 amide bonds. The summed E-state index contributed by atoms with van der Waals surface area (Å²) >= 11 is 0. The number of rotatable bonds is 2. The van der Waals surface area contributed by atoms with E-state index >= 15 is 0 Å². The second-order valence-electron chi connectivity index (χ2n) is 4.58. The van der Waals surface area contributed by atoms with E-state index in [1.54, 1.807) is 0 Å². The Bertz CT molecular complexity index is 233. The van der Waals surface area contributed by atoms with Gasteiger partial charge in [-0.3, -0.25) is 0 Å². The third-order valence-corrected chi connectivity index (χ3v) is 3.11. The molecule has 1 saturated heterocycles. The lowest BCUT2D eigenvalue weighted by Gasteiger charge is -2.32. The molecule has 1 aliphatic rings. The molecule has 1 fully saturated rings. The molecular formula is C10H20BNO2. The Morgan fingerprint density at radius 3 is 1.86 bits per heavy atom. The molecule has 0 aromatic rings. The van der Waals surface area contributed by atoms with Gasteiger partial charge in [0.1, 0.15) is 0 Å². The fraction of sp³-hybridized carbons (Fsp3) is 0.800. The van der Waals surface area contributed by atoms with Crippen molar-refractivity contribution in [2.75, 3.05) is 7.05 Å². The average Bonchev–Trinajstić information content (AvgIpc) is 2.23. The minimum absolute atomic E-state index is 0.261. The van der Waals surface area contributed by atoms with E-state index in [2.05, 4.69) is 33.0 Å². The van der Waals surface area contributed by atoms with Crippen LogP contribution >= 0.6 is 0 Å². The van der Waals surface area contributed by atoms with E-state index in [9.17, 15) is 0 Å². The zero-order valence-corrected chi connectivity index (χ0v) is 9.97. The summed E-state index contributed by atoms with van der Waals surface area (Å²) in [5.41, 5.74) is 0.453. The second-order valence-corrected chi connectivity index (χ2v) is 4.58. The molecule has 1 N–H and O–H groups in total. The van der Waals surface area contributed by atoms with Crippen LogP contribution in [-0.4, -0.2) is 25.4 Å². The summed E-state index contributed by atoms with van der Waals surface area (Å²) in [6.45, 7) is 10.2. The number of nitrogens with one attached hydrogen (secondary N) is 1. The van der Waals surface area contributed by atoms with Gasteiger partial charge in [0.2, 0.25) is 0 Å². The summed E-state index contributed by atoms with van der Waals surface area (Å²) in [6.07, 6.45) is 1.97. The lowest BCUT2D eigenvalue weighted by atomic mass is 9.84. The van der Waals surface area contributed by atoms with Crippen LogP contribution in [0.3, 0.4) is 0 Å². The quantitative estimate of drug-likeness (QED) is 0.684. The van der Waals surface area contributed by atoms with Gasteiger partial charge in [-0.25, -0.2) is 0 Å². The highest BCUT2D eigenvalue weighted by Crippen LogP contribution is 2.37. The first kappa shape index (κ1) is 11.6. The molecule has 0 unspecified atom stereocenters. The summed E-state index contributed by atoms with van der Waals surface area (Å²) in [5.74, 6) is 0. The fourth-order valence-corrected chi connectivity index (χ4v) is 1.37. The van der Waals surface area contributed by atoms with Crippen LogP contribution in [0.5, 0.6) is 0 Å². The van der Waals surface area contributed by atoms with Gasteiger partial charge in [-0.05, 0) is 34.6 Å². The summed E-state index contributed by atoms with van der Waals surface area (Å²) in [4.78, 5) is 0. The maximum atomic E-state index is 5.85. The maximum absolute atomic E-state index is 5.85. The summed E-state index contributed by atoms with van der Waals surface area (Å²) < 4.78 is 11.7. The van der Waals surface area contributed by atoms with Gasteiger partial charge in [0, 0.05) is 12.6 Å². The molecule has 0 aliphatic carbocycles. The van der Waals surface area contributed by atoms with Crippen LogP contribution in [0.1, 0.15) is 34.6 Å². The van der Waals surface area contributed by atoms with Crippen molar-refractivity contribution in [3.8, 4) is 0 Å². The van der Waals surface area contributed by atoms with Crippen LogP contribution in [0.2, 0.25) is 0 Å². The molecule has 0 atom stereocenters. The minimum atomic E-state index is -0.269. The van der Waals surface area contributed by atoms with Gasteiger partial charge < -0.3 is 14.6 Å². The van der Waals surface area contributed by atoms with Crippen molar-refractivity contribution >= 4 is 7.12 Å². The van der Waals surface area contributed by atoms with Crippen molar-refractivity contribution in [1.82, 2.24) is 5.32 Å². The first-order valence-electron chi connectivity index (χ1n) is 5.03. The van der Waals surface area contributed by atoms with Crippen LogP contribution in [0.4, 0.5) is 0 Å². The van der Waals surface area contributed by atoms with Crippen LogP contribution in [-0.2, 0) is 9.31 Å². The topological polar surface area (TPSA) is 30.5 Å². The zero-order chi connectivity index (χ0) is 11.0. The highest BCUT2D eigenvalue weighted by Gasteiger charge is 2.52. The van der Waals surface area contributed by atoms with Gasteiger partial charge in [0.05, 0.1) is 11.2 Å². The standard InChI is InChI=1S/C10H20BNO2/c1-7-8(12-6)11-13-9(2,3)10(4,5)14-11/h7,12H,1-6H3/b8-7-. The third-order valence-electron chi connectivity index (χ3n) is 3.11. The van der Waals surface area contributed by atoms with Crippen molar-refractivity contribution < 1.29 is 9.31 Å². The maximum Gasteiger partial charge on any atom is 0.511 e. The van der Waals surface area contributed by atoms with Gasteiger partial charge in [-0.1, -0.05) is 6.08 Å². The van der Waals surface area contributed by atoms with Gasteiger partial charge in [-0.15, -0.1) is 0 Å². The molecule has 0 radical (unpaired) electrons. The monoisotopic (exact) mass is 197 g/mol. The van der Waals surface area contributed by atoms with Gasteiger partial charge in [0.25, 0.3) is 0 Å². The number of hydrogen-bond donors (Lipinski definition) is 1. The van der Waals surface area contributed by atoms with Crippen molar-refractivity contribution in [2.45, 2.75) is 45.8 Å². The van der Waals surface area contributed by atoms with Crippen molar-refractivity contribution in [3.05, 3.63) is 11.7 Å². The second kappa shape index (κ2) is 3.59. The SMILES string of the molecule is C/C=C(\NC)B1OC(C)(C)C(C)(C)O1. The predicted molar refractivity (Wildman–Crippen MR) is 58.9 cm³/mol. The Balaban J connectivity index is 2.82. The number of allylic oxidation sites excluding steroid dienone is 1.